The van der Waals surface area contributed by atoms with Gasteiger partial charge < -0.3 is 0 Å². The molecule has 0 atom stereocenters. The van der Waals surface area contributed by atoms with Crippen LogP contribution in [0.25, 0.3) is 99.5 Å². The van der Waals surface area contributed by atoms with Crippen molar-refractivity contribution in [2.75, 3.05) is 0 Å². The van der Waals surface area contributed by atoms with E-state index < -0.39 is 0 Å². The summed E-state index contributed by atoms with van der Waals surface area (Å²) >= 11 is 0. The number of benzene rings is 8. The van der Waals surface area contributed by atoms with Gasteiger partial charge in [-0.3, -0.25) is 0 Å². The predicted molar refractivity (Wildman–Crippen MR) is 217 cm³/mol. The third-order valence-electron chi connectivity index (χ3n) is 10.1. The standard InChI is InChI=1S/C49H31N3/c1-3-13-34(14-4-1)44-31-45(51-49(50-44)37-15-5-2-6-16-37)35-27-23-32(24-28-35)33-25-29-36(30-26-33)47-43-22-12-10-20-41(43)46-40-19-9-7-17-38(40)39-18-8-11-21-42(39)48(46)52-47/h1-31H. The van der Waals surface area contributed by atoms with Crippen LogP contribution in [0.15, 0.2) is 188 Å². The predicted octanol–water partition coefficient (Wildman–Crippen LogP) is 12.8. The molecule has 10 aromatic rings. The Hall–Kier alpha value is -6.97. The molecule has 0 aliphatic heterocycles. The maximum absolute atomic E-state index is 5.45. The monoisotopic (exact) mass is 661 g/mol. The van der Waals surface area contributed by atoms with Crippen molar-refractivity contribution in [3.05, 3.63) is 188 Å². The first kappa shape index (κ1) is 29.9. The lowest BCUT2D eigenvalue weighted by Crippen LogP contribution is -1.95. The Morgan fingerprint density at radius 2 is 0.673 bits per heavy atom. The minimum Gasteiger partial charge on any atom is -0.246 e. The topological polar surface area (TPSA) is 38.7 Å². The number of pyridine rings is 1. The summed E-state index contributed by atoms with van der Waals surface area (Å²) in [6.45, 7) is 0. The average molecular weight is 662 g/mol. The van der Waals surface area contributed by atoms with Crippen molar-refractivity contribution in [2.24, 2.45) is 0 Å². The molecular weight excluding hydrogens is 631 g/mol. The fourth-order valence-corrected chi connectivity index (χ4v) is 7.53. The summed E-state index contributed by atoms with van der Waals surface area (Å²) in [5.74, 6) is 0.715. The Balaban J connectivity index is 1.04. The van der Waals surface area contributed by atoms with Gasteiger partial charge in [0.15, 0.2) is 5.82 Å². The van der Waals surface area contributed by atoms with E-state index in [4.69, 9.17) is 15.0 Å². The molecule has 0 saturated carbocycles. The quantitative estimate of drug-likeness (QED) is 0.172. The summed E-state index contributed by atoms with van der Waals surface area (Å²) < 4.78 is 0. The van der Waals surface area contributed by atoms with Crippen LogP contribution in [-0.2, 0) is 0 Å². The van der Waals surface area contributed by atoms with E-state index in [1.54, 1.807) is 0 Å². The highest BCUT2D eigenvalue weighted by Crippen LogP contribution is 2.41. The number of fused-ring (bicyclic) bond motifs is 8. The molecule has 3 nitrogen and oxygen atoms in total. The number of hydrogen-bond acceptors (Lipinski definition) is 3. The van der Waals surface area contributed by atoms with Crippen LogP contribution in [0.4, 0.5) is 0 Å². The molecule has 0 spiro atoms. The average Bonchev–Trinajstić information content (AvgIpc) is 3.24. The van der Waals surface area contributed by atoms with Crippen molar-refractivity contribution in [1.82, 2.24) is 15.0 Å². The zero-order valence-electron chi connectivity index (χ0n) is 28.2. The van der Waals surface area contributed by atoms with Crippen molar-refractivity contribution >= 4 is 43.2 Å². The van der Waals surface area contributed by atoms with Gasteiger partial charge in [0.1, 0.15) is 0 Å². The smallest absolute Gasteiger partial charge is 0.160 e. The summed E-state index contributed by atoms with van der Waals surface area (Å²) in [7, 11) is 0. The van der Waals surface area contributed by atoms with Crippen molar-refractivity contribution < 1.29 is 0 Å². The van der Waals surface area contributed by atoms with Gasteiger partial charge in [-0.15, -0.1) is 0 Å². The van der Waals surface area contributed by atoms with E-state index in [-0.39, 0.29) is 0 Å². The zero-order valence-corrected chi connectivity index (χ0v) is 28.2. The Morgan fingerprint density at radius 1 is 0.269 bits per heavy atom. The molecule has 2 heterocycles. The van der Waals surface area contributed by atoms with Gasteiger partial charge in [0, 0.05) is 38.4 Å². The van der Waals surface area contributed by atoms with Crippen LogP contribution in [0.2, 0.25) is 0 Å². The molecule has 0 fully saturated rings. The lowest BCUT2D eigenvalue weighted by molar-refractivity contribution is 1.18. The lowest BCUT2D eigenvalue weighted by atomic mass is 9.92. The van der Waals surface area contributed by atoms with Crippen LogP contribution in [0.5, 0.6) is 0 Å². The van der Waals surface area contributed by atoms with Crippen LogP contribution in [0, 0.1) is 0 Å². The fraction of sp³-hybridized carbons (Fsp3) is 0. The summed E-state index contributed by atoms with van der Waals surface area (Å²) in [6.07, 6.45) is 0. The Labute approximate surface area is 301 Å². The van der Waals surface area contributed by atoms with Gasteiger partial charge in [0.25, 0.3) is 0 Å². The van der Waals surface area contributed by atoms with Crippen LogP contribution in [0.1, 0.15) is 0 Å². The van der Waals surface area contributed by atoms with Crippen LogP contribution >= 0.6 is 0 Å². The highest BCUT2D eigenvalue weighted by Gasteiger charge is 2.16. The van der Waals surface area contributed by atoms with Gasteiger partial charge in [0.2, 0.25) is 0 Å². The minimum atomic E-state index is 0.715. The molecule has 0 unspecified atom stereocenters. The maximum atomic E-state index is 5.45. The molecule has 0 aliphatic rings. The highest BCUT2D eigenvalue weighted by molar-refractivity contribution is 6.31. The zero-order chi connectivity index (χ0) is 34.4. The molecule has 0 N–H and O–H groups in total. The second kappa shape index (κ2) is 12.4. The number of nitrogens with zero attached hydrogens (tertiary/aromatic N) is 3. The number of aromatic nitrogens is 3. The van der Waals surface area contributed by atoms with Crippen molar-refractivity contribution in [3.8, 4) is 56.3 Å². The molecule has 3 heteroatoms. The van der Waals surface area contributed by atoms with Gasteiger partial charge in [-0.25, -0.2) is 15.0 Å². The number of rotatable bonds is 5. The third kappa shape index (κ3) is 5.10. The molecule has 0 amide bonds. The van der Waals surface area contributed by atoms with Crippen LogP contribution in [-0.4, -0.2) is 15.0 Å². The largest absolute Gasteiger partial charge is 0.246 e. The van der Waals surface area contributed by atoms with E-state index in [1.807, 2.05) is 36.4 Å². The molecule has 52 heavy (non-hydrogen) atoms. The highest BCUT2D eigenvalue weighted by atomic mass is 14.9. The Kier molecular flexibility index (Phi) is 7.14. The first-order valence-corrected chi connectivity index (χ1v) is 17.6. The van der Waals surface area contributed by atoms with E-state index in [0.717, 1.165) is 61.4 Å². The lowest BCUT2D eigenvalue weighted by Gasteiger charge is -2.15. The summed E-state index contributed by atoms with van der Waals surface area (Å²) in [6, 6.07) is 66.1. The third-order valence-corrected chi connectivity index (χ3v) is 10.1. The molecule has 0 aliphatic carbocycles. The van der Waals surface area contributed by atoms with Gasteiger partial charge in [-0.2, -0.15) is 0 Å². The van der Waals surface area contributed by atoms with E-state index in [0.29, 0.717) is 5.82 Å². The Bertz CT molecular complexity index is 2860. The fourth-order valence-electron chi connectivity index (χ4n) is 7.53. The molecule has 2 aromatic heterocycles. The van der Waals surface area contributed by atoms with Crippen molar-refractivity contribution in [2.45, 2.75) is 0 Å². The van der Waals surface area contributed by atoms with Crippen LogP contribution < -0.4 is 0 Å². The van der Waals surface area contributed by atoms with Gasteiger partial charge in [0.05, 0.1) is 22.6 Å². The SMILES string of the molecule is c1ccc(-c2cc(-c3ccc(-c4ccc(-c5nc6c7ccccc7c7ccccc7c6c6ccccc56)cc4)cc3)nc(-c3ccccc3)n2)cc1. The molecule has 0 bridgehead atoms. The summed E-state index contributed by atoms with van der Waals surface area (Å²) in [5, 5.41) is 8.49. The maximum Gasteiger partial charge on any atom is 0.160 e. The molecule has 242 valence electrons. The molecular formula is C49H31N3. The van der Waals surface area contributed by atoms with Crippen molar-refractivity contribution in [3.63, 3.8) is 0 Å². The second-order valence-electron chi connectivity index (χ2n) is 13.2. The van der Waals surface area contributed by atoms with Gasteiger partial charge in [-0.1, -0.05) is 182 Å². The summed E-state index contributed by atoms with van der Waals surface area (Å²) in [5.41, 5.74) is 10.3. The van der Waals surface area contributed by atoms with E-state index in [1.165, 1.54) is 32.3 Å². The Morgan fingerprint density at radius 3 is 1.27 bits per heavy atom. The van der Waals surface area contributed by atoms with Crippen molar-refractivity contribution in [1.29, 1.82) is 0 Å². The molecule has 0 radical (unpaired) electrons. The minimum absolute atomic E-state index is 0.715. The molecule has 10 rings (SSSR count). The first-order valence-electron chi connectivity index (χ1n) is 17.6. The summed E-state index contributed by atoms with van der Waals surface area (Å²) in [4.78, 5) is 15.4. The molecule has 0 saturated heterocycles. The van der Waals surface area contributed by atoms with Gasteiger partial charge >= 0.3 is 0 Å². The second-order valence-corrected chi connectivity index (χ2v) is 13.2. The van der Waals surface area contributed by atoms with E-state index in [9.17, 15) is 0 Å². The van der Waals surface area contributed by atoms with E-state index >= 15 is 0 Å². The van der Waals surface area contributed by atoms with Crippen LogP contribution in [0.3, 0.4) is 0 Å². The normalized spacial score (nSPS) is 11.5. The number of hydrogen-bond donors (Lipinski definition) is 0. The van der Waals surface area contributed by atoms with E-state index in [2.05, 4.69) is 152 Å². The van der Waals surface area contributed by atoms with Gasteiger partial charge in [-0.05, 0) is 38.7 Å². The first-order chi connectivity index (χ1) is 25.8. The molecule has 8 aromatic carbocycles.